The number of aryl methyl sites for hydroxylation is 2. The molecule has 148 valence electrons. The maximum Gasteiger partial charge on any atom is 0.262 e. The fraction of sp³-hybridized carbons (Fsp3) is 0.333. The van der Waals surface area contributed by atoms with Gasteiger partial charge in [-0.3, -0.25) is 4.72 Å². The fourth-order valence-corrected chi connectivity index (χ4v) is 5.75. The molecule has 2 aromatic carbocycles. The Hall–Kier alpha value is -1.97. The fourth-order valence-electron chi connectivity index (χ4n) is 2.77. The smallest absolute Gasteiger partial charge is 0.262 e. The van der Waals surface area contributed by atoms with Crippen LogP contribution in [0.2, 0.25) is 0 Å². The molecule has 0 aliphatic carbocycles. The monoisotopic (exact) mass is 414 g/mol. The van der Waals surface area contributed by atoms with E-state index < -0.39 is 25.9 Å². The lowest BCUT2D eigenvalue weighted by Crippen LogP contribution is -2.31. The van der Waals surface area contributed by atoms with E-state index in [-0.39, 0.29) is 21.0 Å². The van der Waals surface area contributed by atoms with Crippen LogP contribution in [0.25, 0.3) is 0 Å². The predicted octanol–water partition coefficient (Wildman–Crippen LogP) is 3.27. The van der Waals surface area contributed by atoms with Gasteiger partial charge in [-0.1, -0.05) is 19.9 Å². The van der Waals surface area contributed by atoms with Gasteiger partial charge in [0, 0.05) is 13.1 Å². The molecule has 9 heteroatoms. The van der Waals surface area contributed by atoms with Crippen molar-refractivity contribution in [2.75, 3.05) is 17.8 Å². The first kappa shape index (κ1) is 21.3. The van der Waals surface area contributed by atoms with Crippen molar-refractivity contribution >= 4 is 25.7 Å². The highest BCUT2D eigenvalue weighted by molar-refractivity contribution is 7.92. The molecule has 0 spiro atoms. The molecule has 0 amide bonds. The normalized spacial score (nSPS) is 12.4. The summed E-state index contributed by atoms with van der Waals surface area (Å²) in [6, 6.07) is 7.71. The van der Waals surface area contributed by atoms with E-state index in [4.69, 9.17) is 0 Å². The van der Waals surface area contributed by atoms with Crippen molar-refractivity contribution in [2.24, 2.45) is 0 Å². The number of halogens is 1. The zero-order chi connectivity index (χ0) is 20.4. The third kappa shape index (κ3) is 4.48. The molecule has 0 unspecified atom stereocenters. The van der Waals surface area contributed by atoms with E-state index in [0.29, 0.717) is 18.7 Å². The molecule has 2 aromatic rings. The number of sulfonamides is 2. The van der Waals surface area contributed by atoms with E-state index in [9.17, 15) is 21.2 Å². The molecule has 0 saturated heterocycles. The molecule has 0 saturated carbocycles. The van der Waals surface area contributed by atoms with Crippen LogP contribution in [0.4, 0.5) is 10.1 Å². The van der Waals surface area contributed by atoms with Gasteiger partial charge < -0.3 is 0 Å². The van der Waals surface area contributed by atoms with Gasteiger partial charge >= 0.3 is 0 Å². The standard InChI is InChI=1S/C18H23FN2O4S2/c1-5-21(6-2)27(24,25)18-12-16(9-7-13(18)3)20-26(22,23)17-10-8-15(19)11-14(17)4/h7-12,20H,5-6H2,1-4H3. The second kappa shape index (κ2) is 7.95. The predicted molar refractivity (Wildman–Crippen MR) is 103 cm³/mol. The number of rotatable bonds is 7. The minimum atomic E-state index is -3.99. The van der Waals surface area contributed by atoms with Gasteiger partial charge in [-0.05, 0) is 55.3 Å². The van der Waals surface area contributed by atoms with Crippen LogP contribution in [-0.4, -0.2) is 34.2 Å². The third-order valence-electron chi connectivity index (χ3n) is 4.19. The van der Waals surface area contributed by atoms with Crippen LogP contribution in [0.15, 0.2) is 46.2 Å². The lowest BCUT2D eigenvalue weighted by atomic mass is 10.2. The average Bonchev–Trinajstić information content (AvgIpc) is 2.56. The van der Waals surface area contributed by atoms with Crippen LogP contribution in [0.5, 0.6) is 0 Å². The van der Waals surface area contributed by atoms with Gasteiger partial charge in [0.05, 0.1) is 15.5 Å². The Morgan fingerprint density at radius 1 is 0.889 bits per heavy atom. The lowest BCUT2D eigenvalue weighted by Gasteiger charge is -2.20. The highest BCUT2D eigenvalue weighted by Gasteiger charge is 2.25. The molecule has 1 N–H and O–H groups in total. The number of hydrogen-bond acceptors (Lipinski definition) is 4. The van der Waals surface area contributed by atoms with Crippen LogP contribution in [-0.2, 0) is 20.0 Å². The van der Waals surface area contributed by atoms with Crippen molar-refractivity contribution in [3.8, 4) is 0 Å². The van der Waals surface area contributed by atoms with Crippen LogP contribution in [0.3, 0.4) is 0 Å². The van der Waals surface area contributed by atoms with E-state index in [0.717, 1.165) is 12.1 Å². The summed E-state index contributed by atoms with van der Waals surface area (Å²) < 4.78 is 67.8. The molecule has 0 aliphatic rings. The first-order valence-electron chi connectivity index (χ1n) is 8.42. The summed E-state index contributed by atoms with van der Waals surface area (Å²) in [6.45, 7) is 7.23. The zero-order valence-corrected chi connectivity index (χ0v) is 17.3. The number of benzene rings is 2. The molecule has 27 heavy (non-hydrogen) atoms. The Balaban J connectivity index is 2.47. The summed E-state index contributed by atoms with van der Waals surface area (Å²) in [6.07, 6.45) is 0. The van der Waals surface area contributed by atoms with Crippen molar-refractivity contribution in [1.29, 1.82) is 0 Å². The van der Waals surface area contributed by atoms with Gasteiger partial charge in [0.2, 0.25) is 10.0 Å². The number of anilines is 1. The first-order valence-corrected chi connectivity index (χ1v) is 11.3. The summed E-state index contributed by atoms with van der Waals surface area (Å²) in [4.78, 5) is -0.0279. The van der Waals surface area contributed by atoms with Gasteiger partial charge in [-0.15, -0.1) is 0 Å². The van der Waals surface area contributed by atoms with E-state index in [1.807, 2.05) is 0 Å². The maximum atomic E-state index is 13.2. The summed E-state index contributed by atoms with van der Waals surface area (Å²) in [5, 5.41) is 0. The maximum absolute atomic E-state index is 13.2. The van der Waals surface area contributed by atoms with Crippen molar-refractivity contribution in [3.05, 3.63) is 53.3 Å². The average molecular weight is 415 g/mol. The Labute approximate surface area is 160 Å². The van der Waals surface area contributed by atoms with Crippen LogP contribution < -0.4 is 4.72 Å². The zero-order valence-electron chi connectivity index (χ0n) is 15.7. The number of nitrogens with one attached hydrogen (secondary N) is 1. The Bertz CT molecular complexity index is 1050. The molecular weight excluding hydrogens is 391 g/mol. The largest absolute Gasteiger partial charge is 0.280 e. The van der Waals surface area contributed by atoms with Gasteiger partial charge in [0.25, 0.3) is 10.0 Å². The van der Waals surface area contributed by atoms with E-state index in [1.54, 1.807) is 26.8 Å². The summed E-state index contributed by atoms with van der Waals surface area (Å²) in [5.41, 5.74) is 0.892. The minimum absolute atomic E-state index is 0.0437. The highest BCUT2D eigenvalue weighted by atomic mass is 32.2. The topological polar surface area (TPSA) is 83.6 Å². The van der Waals surface area contributed by atoms with Crippen molar-refractivity contribution in [2.45, 2.75) is 37.5 Å². The molecule has 0 fully saturated rings. The van der Waals surface area contributed by atoms with Crippen LogP contribution in [0, 0.1) is 19.7 Å². The first-order chi connectivity index (χ1) is 12.5. The molecule has 0 heterocycles. The van der Waals surface area contributed by atoms with Gasteiger partial charge in [-0.25, -0.2) is 21.2 Å². The summed E-state index contributed by atoms with van der Waals surface area (Å²) in [7, 11) is -7.73. The van der Waals surface area contributed by atoms with E-state index >= 15 is 0 Å². The molecule has 6 nitrogen and oxygen atoms in total. The molecule has 0 bridgehead atoms. The molecule has 0 aromatic heterocycles. The van der Waals surface area contributed by atoms with Crippen molar-refractivity contribution in [1.82, 2.24) is 4.31 Å². The van der Waals surface area contributed by atoms with E-state index in [2.05, 4.69) is 4.72 Å². The second-order valence-corrected chi connectivity index (χ2v) is 9.64. The SMILES string of the molecule is CCN(CC)S(=O)(=O)c1cc(NS(=O)(=O)c2ccc(F)cc2C)ccc1C. The summed E-state index contributed by atoms with van der Waals surface area (Å²) in [5.74, 6) is -0.533. The number of nitrogens with zero attached hydrogens (tertiary/aromatic N) is 1. The molecular formula is C18H23FN2O4S2. The second-order valence-electron chi connectivity index (χ2n) is 6.08. The van der Waals surface area contributed by atoms with Crippen molar-refractivity contribution in [3.63, 3.8) is 0 Å². The van der Waals surface area contributed by atoms with Crippen LogP contribution >= 0.6 is 0 Å². The Morgan fingerprint density at radius 3 is 2.07 bits per heavy atom. The summed E-state index contributed by atoms with van der Waals surface area (Å²) >= 11 is 0. The lowest BCUT2D eigenvalue weighted by molar-refractivity contribution is 0.445. The Kier molecular flexibility index (Phi) is 6.28. The molecule has 0 aliphatic heterocycles. The van der Waals surface area contributed by atoms with E-state index in [1.165, 1.54) is 29.4 Å². The molecule has 0 radical (unpaired) electrons. The highest BCUT2D eigenvalue weighted by Crippen LogP contribution is 2.26. The van der Waals surface area contributed by atoms with Gasteiger partial charge in [0.1, 0.15) is 5.82 Å². The quantitative estimate of drug-likeness (QED) is 0.754. The minimum Gasteiger partial charge on any atom is -0.280 e. The van der Waals surface area contributed by atoms with Gasteiger partial charge in [0.15, 0.2) is 0 Å². The molecule has 0 atom stereocenters. The van der Waals surface area contributed by atoms with Crippen molar-refractivity contribution < 1.29 is 21.2 Å². The number of hydrogen-bond donors (Lipinski definition) is 1. The Morgan fingerprint density at radius 2 is 1.52 bits per heavy atom. The van der Waals surface area contributed by atoms with Crippen LogP contribution in [0.1, 0.15) is 25.0 Å². The molecule has 2 rings (SSSR count). The van der Waals surface area contributed by atoms with Gasteiger partial charge in [-0.2, -0.15) is 4.31 Å². The third-order valence-corrected chi connectivity index (χ3v) is 7.92.